The van der Waals surface area contributed by atoms with Gasteiger partial charge < -0.3 is 0 Å². The van der Waals surface area contributed by atoms with Gasteiger partial charge in [0.05, 0.1) is 0 Å². The fourth-order valence-electron chi connectivity index (χ4n) is 2.58. The summed E-state index contributed by atoms with van der Waals surface area (Å²) in [5, 5.41) is 0. The first-order chi connectivity index (χ1) is 6.42. The Balaban J connectivity index is 0.000000562. The molecule has 1 aliphatic heterocycles. The van der Waals surface area contributed by atoms with E-state index in [1.807, 2.05) is 7.76 Å². The first kappa shape index (κ1) is 13.8. The smallest absolute Gasteiger partial charge is 0.147 e. The number of hydrogen-bond donors (Lipinski definition) is 0. The van der Waals surface area contributed by atoms with Gasteiger partial charge in [-0.1, -0.05) is 0 Å². The van der Waals surface area contributed by atoms with E-state index in [0.717, 1.165) is 0 Å². The van der Waals surface area contributed by atoms with Crippen molar-refractivity contribution in [2.24, 2.45) is 0 Å². The number of allylic oxidation sites excluding steroid dienone is 8. The quantitative estimate of drug-likeness (QED) is 0.682. The average molecular weight is 311 g/mol. The molecule has 2 aliphatic carbocycles. The topological polar surface area (TPSA) is 0 Å². The van der Waals surface area contributed by atoms with Crippen molar-refractivity contribution < 1.29 is 15.1 Å². The zero-order valence-corrected chi connectivity index (χ0v) is 14.6. The summed E-state index contributed by atoms with van der Waals surface area (Å²) in [5.41, 5.74) is 0. The first-order valence-electron chi connectivity index (χ1n) is 5.14. The third-order valence-corrected chi connectivity index (χ3v) is 43.1. The maximum absolute atomic E-state index is 2.48. The Morgan fingerprint density at radius 3 is 1.60 bits per heavy atom. The summed E-state index contributed by atoms with van der Waals surface area (Å²) in [6.07, 6.45) is 17.0. The fraction of sp³-hybridized carbons (Fsp3) is 0.200. The van der Waals surface area contributed by atoms with Gasteiger partial charge in [-0.25, -0.2) is 0 Å². The van der Waals surface area contributed by atoms with Gasteiger partial charge in [0.15, 0.2) is 0 Å². The van der Waals surface area contributed by atoms with Crippen molar-refractivity contribution in [1.82, 2.24) is 0 Å². The van der Waals surface area contributed by atoms with Gasteiger partial charge in [-0.05, 0) is 0 Å². The van der Waals surface area contributed by atoms with Gasteiger partial charge in [-0.2, -0.15) is 0 Å². The molecule has 0 saturated carbocycles. The molecule has 0 amide bonds. The van der Waals surface area contributed by atoms with Crippen molar-refractivity contribution >= 4 is 38.6 Å². The molecule has 3 rings (SSSR count). The minimum atomic E-state index is -1.24. The maximum atomic E-state index is 2.48. The van der Waals surface area contributed by atoms with E-state index in [2.05, 4.69) is 36.5 Å². The largest absolute Gasteiger partial charge is 0.147 e. The minimum absolute atomic E-state index is 0. The maximum Gasteiger partial charge on any atom is -0.147 e. The molecule has 1 heterocycles. The summed E-state index contributed by atoms with van der Waals surface area (Å²) in [7, 11) is 0. The van der Waals surface area contributed by atoms with Crippen LogP contribution in [0.3, 0.4) is 0 Å². The molecule has 0 radical (unpaired) electrons. The predicted octanol–water partition coefficient (Wildman–Crippen LogP) is 1.77. The third kappa shape index (κ3) is 2.35. The van der Waals surface area contributed by atoms with Crippen molar-refractivity contribution in [3.8, 4) is 0 Å². The van der Waals surface area contributed by atoms with E-state index in [0.29, 0.717) is 13.8 Å². The van der Waals surface area contributed by atoms with Gasteiger partial charge in [-0.3, -0.25) is 0 Å². The fourth-order valence-corrected chi connectivity index (χ4v) is 52.6. The van der Waals surface area contributed by atoms with Gasteiger partial charge in [0.25, 0.3) is 0 Å². The second-order valence-corrected chi connectivity index (χ2v) is 41.7. The molecule has 0 aromatic heterocycles. The van der Waals surface area contributed by atoms with Gasteiger partial charge in [-0.15, -0.1) is 24.8 Å². The van der Waals surface area contributed by atoms with Crippen LogP contribution < -0.4 is 0 Å². The Morgan fingerprint density at radius 1 is 0.867 bits per heavy atom. The summed E-state index contributed by atoms with van der Waals surface area (Å²) < 4.78 is 3.93. The van der Waals surface area contributed by atoms with E-state index < -0.39 is 15.1 Å². The zero-order chi connectivity index (χ0) is 8.73. The van der Waals surface area contributed by atoms with Crippen LogP contribution in [0.1, 0.15) is 12.8 Å². The Bertz CT molecular complexity index is 336. The van der Waals surface area contributed by atoms with Crippen molar-refractivity contribution in [3.05, 3.63) is 44.2 Å². The zero-order valence-electron chi connectivity index (χ0n) is 8.61. The molecule has 1 saturated heterocycles. The van der Waals surface area contributed by atoms with Crippen molar-refractivity contribution in [1.29, 1.82) is 0 Å². The van der Waals surface area contributed by atoms with Crippen molar-refractivity contribution in [2.45, 2.75) is 12.8 Å². The van der Waals surface area contributed by atoms with Gasteiger partial charge in [0, 0.05) is 0 Å². The molecule has 15 heavy (non-hydrogen) atoms. The standard InChI is InChI=1S/2C5H5.2ClH.H4Si2.Ti/c2*1-2-4-5-3-1;;;1-2;/h2*1-3H,4H2;2*1H;1-2H2;. The number of rotatable bonds is 2. The Labute approximate surface area is 110 Å². The van der Waals surface area contributed by atoms with Crippen LogP contribution in [0, 0.1) is 0 Å². The Hall–Kier alpha value is 0.688. The molecule has 0 N–H and O–H groups in total. The Kier molecular flexibility index (Phi) is 4.90. The SMILES string of the molecule is C1=CC[C]([Ti]2([C]3=CC=CC3)[SiH2][SiH2]2)=C1.Cl.Cl. The molecule has 1 fully saturated rings. The van der Waals surface area contributed by atoms with Crippen LogP contribution >= 0.6 is 24.8 Å². The number of hydrogen-bond acceptors (Lipinski definition) is 0. The first-order valence-corrected chi connectivity index (χ1v) is 18.7. The minimum Gasteiger partial charge on any atom is -0.147 e. The molecule has 0 nitrogen and oxygen atoms in total. The molecular formula is C10H16Cl2Si2Ti. The van der Waals surface area contributed by atoms with Gasteiger partial charge in [0.1, 0.15) is 0 Å². The van der Waals surface area contributed by atoms with Crippen LogP contribution in [0.4, 0.5) is 0 Å². The predicted molar refractivity (Wildman–Crippen MR) is 75.3 cm³/mol. The summed E-state index contributed by atoms with van der Waals surface area (Å²) in [6, 6.07) is 0. The molecule has 0 spiro atoms. The van der Waals surface area contributed by atoms with Crippen LogP contribution in [-0.2, 0) is 15.1 Å². The van der Waals surface area contributed by atoms with E-state index in [-0.39, 0.29) is 24.8 Å². The van der Waals surface area contributed by atoms with Crippen LogP contribution in [0.15, 0.2) is 44.2 Å². The molecule has 0 atom stereocenters. The van der Waals surface area contributed by atoms with E-state index in [9.17, 15) is 0 Å². The van der Waals surface area contributed by atoms with E-state index in [4.69, 9.17) is 0 Å². The van der Waals surface area contributed by atoms with E-state index in [1.165, 1.54) is 12.8 Å². The second-order valence-electron chi connectivity index (χ2n) is 4.23. The Morgan fingerprint density at radius 2 is 1.33 bits per heavy atom. The molecule has 0 unspecified atom stereocenters. The van der Waals surface area contributed by atoms with Crippen LogP contribution in [0.25, 0.3) is 0 Å². The van der Waals surface area contributed by atoms with Crippen LogP contribution in [0.2, 0.25) is 0 Å². The van der Waals surface area contributed by atoms with Crippen molar-refractivity contribution in [2.75, 3.05) is 0 Å². The summed E-state index contributed by atoms with van der Waals surface area (Å²) in [6.45, 7) is 1.05. The molecule has 5 heteroatoms. The molecule has 0 aromatic rings. The van der Waals surface area contributed by atoms with Crippen LogP contribution in [-0.4, -0.2) is 13.8 Å². The third-order valence-electron chi connectivity index (χ3n) is 3.52. The summed E-state index contributed by atoms with van der Waals surface area (Å²) in [5.74, 6) is 0. The second kappa shape index (κ2) is 5.35. The normalized spacial score (nSPS) is 27.2. The number of halogens is 2. The molecule has 3 aliphatic rings. The van der Waals surface area contributed by atoms with E-state index >= 15 is 0 Å². The van der Waals surface area contributed by atoms with Gasteiger partial charge >= 0.3 is 86.0 Å². The van der Waals surface area contributed by atoms with Crippen LogP contribution in [0.5, 0.6) is 0 Å². The van der Waals surface area contributed by atoms with Crippen molar-refractivity contribution in [3.63, 3.8) is 0 Å². The molecular weight excluding hydrogens is 295 g/mol. The summed E-state index contributed by atoms with van der Waals surface area (Å²) >= 11 is -1.24. The molecule has 82 valence electrons. The monoisotopic (exact) mass is 310 g/mol. The molecule has 0 aromatic carbocycles. The van der Waals surface area contributed by atoms with Gasteiger partial charge in [0.2, 0.25) is 0 Å². The summed E-state index contributed by atoms with van der Waals surface area (Å²) in [4.78, 5) is 0. The molecule has 0 bridgehead atoms. The average Bonchev–Trinajstić information content (AvgIpc) is 2.68. The van der Waals surface area contributed by atoms with E-state index in [1.54, 1.807) is 0 Å².